The second-order valence-electron chi connectivity index (χ2n) is 12.5. The van der Waals surface area contributed by atoms with Gasteiger partial charge in [-0.25, -0.2) is 0 Å². The molecule has 0 spiro atoms. The SMILES string of the molecule is CC1=CC(=O)[C@H]2C(C)(C)CC[C@@H]3OC(C)(C)O[C@@]1(CO[Si](C)(C)C(C)(C)C)[C@@]32C. The molecule has 4 nitrogen and oxygen atoms in total. The number of ether oxygens (including phenoxy) is 2. The Morgan fingerprint density at radius 1 is 1.17 bits per heavy atom. The Morgan fingerprint density at radius 3 is 2.31 bits per heavy atom. The third kappa shape index (κ3) is 3.31. The Morgan fingerprint density at radius 2 is 1.76 bits per heavy atom. The van der Waals surface area contributed by atoms with Gasteiger partial charge in [-0.05, 0) is 68.8 Å². The molecule has 2 fully saturated rings. The van der Waals surface area contributed by atoms with Gasteiger partial charge >= 0.3 is 0 Å². The first-order valence-corrected chi connectivity index (χ1v) is 14.1. The summed E-state index contributed by atoms with van der Waals surface area (Å²) in [4.78, 5) is 13.3. The van der Waals surface area contributed by atoms with Crippen molar-refractivity contribution in [3.8, 4) is 0 Å². The normalized spacial score (nSPS) is 39.0. The smallest absolute Gasteiger partial charge is 0.192 e. The van der Waals surface area contributed by atoms with Crippen LogP contribution in [0, 0.1) is 16.7 Å². The van der Waals surface area contributed by atoms with Crippen molar-refractivity contribution < 1.29 is 18.7 Å². The number of carbonyl (C=O) groups excluding carboxylic acids is 1. The van der Waals surface area contributed by atoms with Gasteiger partial charge < -0.3 is 13.9 Å². The molecule has 1 saturated heterocycles. The standard InChI is InChI=1S/C24H42O4Si/c1-16-14-17(25)19-21(5,6)13-12-18-23(19,9)24(16,28-22(7,8)27-18)15-26-29(10,11)20(2,3)4/h14,18-19H,12-13,15H2,1-11H3/t18-,19-,23-,24+/m0/s1. The van der Waals surface area contributed by atoms with Crippen molar-refractivity contribution in [2.45, 2.75) is 111 Å². The lowest BCUT2D eigenvalue weighted by Gasteiger charge is -2.68. The Kier molecular flexibility index (Phi) is 5.20. The molecular formula is C24H42O4Si. The molecule has 0 aromatic carbocycles. The number of hydrogen-bond acceptors (Lipinski definition) is 4. The molecule has 3 rings (SSSR count). The molecule has 0 aromatic heterocycles. The summed E-state index contributed by atoms with van der Waals surface area (Å²) >= 11 is 0. The van der Waals surface area contributed by atoms with Crippen LogP contribution in [0.2, 0.25) is 18.1 Å². The summed E-state index contributed by atoms with van der Waals surface area (Å²) in [6.07, 6.45) is 3.73. The minimum absolute atomic E-state index is 0.0279. The maximum Gasteiger partial charge on any atom is 0.192 e. The van der Waals surface area contributed by atoms with E-state index in [0.29, 0.717) is 6.61 Å². The van der Waals surface area contributed by atoms with Gasteiger partial charge in [-0.15, -0.1) is 0 Å². The van der Waals surface area contributed by atoms with Crippen LogP contribution in [0.15, 0.2) is 11.6 Å². The first-order valence-electron chi connectivity index (χ1n) is 11.1. The number of carbonyl (C=O) groups is 1. The predicted molar refractivity (Wildman–Crippen MR) is 119 cm³/mol. The van der Waals surface area contributed by atoms with Crippen molar-refractivity contribution in [3.63, 3.8) is 0 Å². The summed E-state index contributed by atoms with van der Waals surface area (Å²) in [6, 6.07) is 0. The van der Waals surface area contributed by atoms with Crippen LogP contribution in [0.25, 0.3) is 0 Å². The van der Waals surface area contributed by atoms with Gasteiger partial charge in [0.25, 0.3) is 0 Å². The molecule has 166 valence electrons. The van der Waals surface area contributed by atoms with Crippen molar-refractivity contribution in [2.24, 2.45) is 16.7 Å². The van der Waals surface area contributed by atoms with E-state index < -0.39 is 25.1 Å². The Labute approximate surface area is 178 Å². The highest BCUT2D eigenvalue weighted by atomic mass is 28.4. The Balaban J connectivity index is 2.16. The lowest BCUT2D eigenvalue weighted by Crippen LogP contribution is -2.75. The molecule has 1 aliphatic heterocycles. The predicted octanol–water partition coefficient (Wildman–Crippen LogP) is 5.87. The van der Waals surface area contributed by atoms with E-state index in [2.05, 4.69) is 61.6 Å². The molecule has 3 aliphatic rings. The number of hydrogen-bond donors (Lipinski definition) is 0. The van der Waals surface area contributed by atoms with Gasteiger partial charge in [0.1, 0.15) is 5.60 Å². The molecular weight excluding hydrogens is 380 g/mol. The highest BCUT2D eigenvalue weighted by Crippen LogP contribution is 2.65. The fourth-order valence-electron chi connectivity index (χ4n) is 5.91. The molecule has 5 heteroatoms. The van der Waals surface area contributed by atoms with Crippen molar-refractivity contribution in [1.82, 2.24) is 0 Å². The maximum absolute atomic E-state index is 13.3. The van der Waals surface area contributed by atoms with Gasteiger partial charge in [-0.1, -0.05) is 41.5 Å². The lowest BCUT2D eigenvalue weighted by atomic mass is 9.45. The van der Waals surface area contributed by atoms with E-state index in [0.717, 1.165) is 18.4 Å². The van der Waals surface area contributed by atoms with Crippen LogP contribution in [0.3, 0.4) is 0 Å². The average Bonchev–Trinajstić information content (AvgIpc) is 2.50. The van der Waals surface area contributed by atoms with E-state index in [9.17, 15) is 4.79 Å². The van der Waals surface area contributed by atoms with Crippen LogP contribution in [0.4, 0.5) is 0 Å². The van der Waals surface area contributed by atoms with E-state index in [-0.39, 0.29) is 28.3 Å². The van der Waals surface area contributed by atoms with E-state index in [1.54, 1.807) is 0 Å². The van der Waals surface area contributed by atoms with E-state index >= 15 is 0 Å². The van der Waals surface area contributed by atoms with Crippen LogP contribution >= 0.6 is 0 Å². The summed E-state index contributed by atoms with van der Waals surface area (Å²) in [5.74, 6) is -0.645. The summed E-state index contributed by atoms with van der Waals surface area (Å²) in [7, 11) is -2.00. The Bertz CT molecular complexity index is 730. The largest absolute Gasteiger partial charge is 0.414 e. The second kappa shape index (κ2) is 6.51. The minimum Gasteiger partial charge on any atom is -0.414 e. The van der Waals surface area contributed by atoms with Gasteiger partial charge in [0, 0.05) is 11.3 Å². The molecule has 4 atom stereocenters. The molecule has 0 bridgehead atoms. The molecule has 1 saturated carbocycles. The number of rotatable bonds is 3. The first-order chi connectivity index (χ1) is 12.9. The maximum atomic E-state index is 13.3. The summed E-state index contributed by atoms with van der Waals surface area (Å²) in [6.45, 7) is 24.5. The van der Waals surface area contributed by atoms with Crippen LogP contribution in [0.5, 0.6) is 0 Å². The zero-order valence-corrected chi connectivity index (χ0v) is 21.5. The first kappa shape index (κ1) is 23.2. The van der Waals surface area contributed by atoms with E-state index in [1.165, 1.54) is 0 Å². The van der Waals surface area contributed by atoms with Crippen LogP contribution in [-0.4, -0.2) is 38.2 Å². The monoisotopic (exact) mass is 422 g/mol. The fourth-order valence-corrected chi connectivity index (χ4v) is 6.91. The van der Waals surface area contributed by atoms with E-state index in [1.807, 2.05) is 19.9 Å². The fraction of sp³-hybridized carbons (Fsp3) is 0.875. The van der Waals surface area contributed by atoms with Crippen molar-refractivity contribution in [1.29, 1.82) is 0 Å². The average molecular weight is 423 g/mol. The second-order valence-corrected chi connectivity index (χ2v) is 17.3. The van der Waals surface area contributed by atoms with Crippen molar-refractivity contribution >= 4 is 14.1 Å². The molecule has 0 radical (unpaired) electrons. The topological polar surface area (TPSA) is 44.8 Å². The summed E-state index contributed by atoms with van der Waals surface area (Å²) in [5, 5.41) is 0.109. The van der Waals surface area contributed by atoms with Crippen LogP contribution in [0.1, 0.15) is 75.2 Å². The molecule has 29 heavy (non-hydrogen) atoms. The molecule has 0 amide bonds. The zero-order valence-electron chi connectivity index (χ0n) is 20.5. The van der Waals surface area contributed by atoms with Crippen molar-refractivity contribution in [2.75, 3.05) is 6.61 Å². The van der Waals surface area contributed by atoms with Crippen LogP contribution in [-0.2, 0) is 18.7 Å². The highest BCUT2D eigenvalue weighted by Gasteiger charge is 2.71. The molecule has 0 unspecified atom stereocenters. The summed E-state index contributed by atoms with van der Waals surface area (Å²) < 4.78 is 20.1. The third-order valence-electron chi connectivity index (χ3n) is 8.54. The Hall–Kier alpha value is -0.493. The highest BCUT2D eigenvalue weighted by molar-refractivity contribution is 6.74. The van der Waals surface area contributed by atoms with Gasteiger partial charge in [0.15, 0.2) is 19.9 Å². The van der Waals surface area contributed by atoms with Gasteiger partial charge in [0.05, 0.1) is 12.7 Å². The van der Waals surface area contributed by atoms with Gasteiger partial charge in [-0.3, -0.25) is 4.79 Å². The summed E-state index contributed by atoms with van der Waals surface area (Å²) in [5.41, 5.74) is -0.233. The van der Waals surface area contributed by atoms with Crippen molar-refractivity contribution in [3.05, 3.63) is 11.6 Å². The van der Waals surface area contributed by atoms with E-state index in [4.69, 9.17) is 13.9 Å². The molecule has 1 heterocycles. The number of allylic oxidation sites excluding steroid dienone is 1. The zero-order chi connectivity index (χ0) is 22.3. The third-order valence-corrected chi connectivity index (χ3v) is 13.0. The van der Waals surface area contributed by atoms with Crippen LogP contribution < -0.4 is 0 Å². The number of ketones is 1. The lowest BCUT2D eigenvalue weighted by molar-refractivity contribution is -0.397. The molecule has 2 aliphatic carbocycles. The minimum atomic E-state index is -2.00. The molecule has 0 N–H and O–H groups in total. The van der Waals surface area contributed by atoms with Gasteiger partial charge in [-0.2, -0.15) is 0 Å². The quantitative estimate of drug-likeness (QED) is 0.534. The van der Waals surface area contributed by atoms with Gasteiger partial charge in [0.2, 0.25) is 0 Å². The molecule has 0 aromatic rings.